The highest BCUT2D eigenvalue weighted by molar-refractivity contribution is 7.99. The standard InChI is InChI=1S/C18H12ClN5O2S/c19-13-8-6-12(7-9-13)15-16(26)20-17-21-22-18(24(17)23-15)27-10-14(25)11-4-2-1-3-5-11/h1-9H,10H2,(H,20,21,26). The monoisotopic (exact) mass is 397 g/mol. The van der Waals surface area contributed by atoms with Crippen LogP contribution in [0.1, 0.15) is 10.4 Å². The third kappa shape index (κ3) is 3.62. The van der Waals surface area contributed by atoms with Gasteiger partial charge in [-0.1, -0.05) is 65.8 Å². The second-order valence-electron chi connectivity index (χ2n) is 5.61. The third-order valence-corrected chi connectivity index (χ3v) is 4.97. The van der Waals surface area contributed by atoms with E-state index >= 15 is 0 Å². The molecule has 2 aromatic heterocycles. The highest BCUT2D eigenvalue weighted by Gasteiger charge is 2.15. The van der Waals surface area contributed by atoms with Crippen molar-refractivity contribution in [1.29, 1.82) is 0 Å². The SMILES string of the molecule is O=C(CSc1nnc2[nH]c(=O)c(-c3ccc(Cl)cc3)nn12)c1ccccc1. The second-order valence-corrected chi connectivity index (χ2v) is 6.98. The Kier molecular flexibility index (Phi) is 4.74. The van der Waals surface area contributed by atoms with E-state index in [-0.39, 0.29) is 28.6 Å². The Labute approximate surface area is 162 Å². The van der Waals surface area contributed by atoms with E-state index in [1.54, 1.807) is 36.4 Å². The lowest BCUT2D eigenvalue weighted by Gasteiger charge is -2.03. The van der Waals surface area contributed by atoms with Crippen molar-refractivity contribution in [3.8, 4) is 11.3 Å². The molecule has 0 saturated heterocycles. The fourth-order valence-electron chi connectivity index (χ4n) is 2.46. The minimum absolute atomic E-state index is 0.0281. The first-order valence-corrected chi connectivity index (χ1v) is 9.31. The van der Waals surface area contributed by atoms with E-state index in [1.807, 2.05) is 18.2 Å². The predicted octanol–water partition coefficient (Wildman–Crippen LogP) is 3.11. The van der Waals surface area contributed by atoms with Crippen LogP contribution in [0.2, 0.25) is 5.02 Å². The van der Waals surface area contributed by atoms with Gasteiger partial charge in [-0.25, -0.2) is 0 Å². The average Bonchev–Trinajstić information content (AvgIpc) is 3.08. The van der Waals surface area contributed by atoms with Gasteiger partial charge < -0.3 is 0 Å². The van der Waals surface area contributed by atoms with Crippen molar-refractivity contribution in [2.45, 2.75) is 5.16 Å². The fraction of sp³-hybridized carbons (Fsp3) is 0.0556. The number of hydrogen-bond donors (Lipinski definition) is 1. The van der Waals surface area contributed by atoms with Gasteiger partial charge in [-0.05, 0) is 12.1 Å². The average molecular weight is 398 g/mol. The summed E-state index contributed by atoms with van der Waals surface area (Å²) in [6.45, 7) is 0. The molecule has 27 heavy (non-hydrogen) atoms. The zero-order chi connectivity index (χ0) is 18.8. The van der Waals surface area contributed by atoms with Crippen LogP contribution in [0.25, 0.3) is 17.0 Å². The molecule has 1 N–H and O–H groups in total. The van der Waals surface area contributed by atoms with E-state index in [4.69, 9.17) is 11.6 Å². The van der Waals surface area contributed by atoms with E-state index in [9.17, 15) is 9.59 Å². The Morgan fingerprint density at radius 2 is 1.81 bits per heavy atom. The van der Waals surface area contributed by atoms with Crippen LogP contribution in [-0.2, 0) is 0 Å². The number of carbonyl (C=O) groups excluding carboxylic acids is 1. The summed E-state index contributed by atoms with van der Waals surface area (Å²) >= 11 is 7.10. The molecule has 0 amide bonds. The summed E-state index contributed by atoms with van der Waals surface area (Å²) in [6.07, 6.45) is 0. The number of Topliss-reactive ketones (excluding diaryl/α,β-unsaturated/α-hetero) is 1. The lowest BCUT2D eigenvalue weighted by Crippen LogP contribution is -2.15. The smallest absolute Gasteiger partial charge is 0.279 e. The Morgan fingerprint density at radius 1 is 1.07 bits per heavy atom. The number of carbonyl (C=O) groups is 1. The van der Waals surface area contributed by atoms with Gasteiger partial charge >= 0.3 is 0 Å². The van der Waals surface area contributed by atoms with Gasteiger partial charge in [-0.3, -0.25) is 14.6 Å². The second kappa shape index (κ2) is 7.34. The molecule has 0 atom stereocenters. The molecule has 0 radical (unpaired) electrons. The van der Waals surface area contributed by atoms with Crippen molar-refractivity contribution in [3.63, 3.8) is 0 Å². The van der Waals surface area contributed by atoms with Crippen LogP contribution >= 0.6 is 23.4 Å². The van der Waals surface area contributed by atoms with E-state index in [0.717, 1.165) is 0 Å². The molecule has 0 aliphatic rings. The molecule has 9 heteroatoms. The minimum atomic E-state index is -0.380. The van der Waals surface area contributed by atoms with Gasteiger partial charge in [0.2, 0.25) is 5.16 Å². The molecule has 7 nitrogen and oxygen atoms in total. The highest BCUT2D eigenvalue weighted by Crippen LogP contribution is 2.20. The van der Waals surface area contributed by atoms with Gasteiger partial charge in [0.15, 0.2) is 11.5 Å². The maximum atomic E-state index is 12.3. The Morgan fingerprint density at radius 3 is 2.56 bits per heavy atom. The summed E-state index contributed by atoms with van der Waals surface area (Å²) in [5, 5.41) is 13.3. The lowest BCUT2D eigenvalue weighted by molar-refractivity contribution is 0.102. The number of nitrogens with zero attached hydrogens (tertiary/aromatic N) is 4. The number of nitrogens with one attached hydrogen (secondary N) is 1. The predicted molar refractivity (Wildman–Crippen MR) is 103 cm³/mol. The molecule has 2 heterocycles. The maximum Gasteiger partial charge on any atom is 0.279 e. The topological polar surface area (TPSA) is 93.0 Å². The number of ketones is 1. The summed E-state index contributed by atoms with van der Waals surface area (Å²) < 4.78 is 1.42. The van der Waals surface area contributed by atoms with Crippen LogP contribution in [0.5, 0.6) is 0 Å². The van der Waals surface area contributed by atoms with Crippen LogP contribution < -0.4 is 5.56 Å². The Bertz CT molecular complexity index is 1170. The Hall–Kier alpha value is -2.97. The van der Waals surface area contributed by atoms with Crippen molar-refractivity contribution in [2.75, 3.05) is 5.75 Å². The van der Waals surface area contributed by atoms with E-state index in [0.29, 0.717) is 21.3 Å². The van der Waals surface area contributed by atoms with E-state index < -0.39 is 0 Å². The molecular formula is C18H12ClN5O2S. The quantitative estimate of drug-likeness (QED) is 0.411. The lowest BCUT2D eigenvalue weighted by atomic mass is 10.2. The number of hydrogen-bond acceptors (Lipinski definition) is 6. The summed E-state index contributed by atoms with van der Waals surface area (Å²) in [5.41, 5.74) is 1.08. The zero-order valence-corrected chi connectivity index (χ0v) is 15.4. The molecule has 4 aromatic rings. The molecular weight excluding hydrogens is 386 g/mol. The van der Waals surface area contributed by atoms with Crippen LogP contribution in [0, 0.1) is 0 Å². The van der Waals surface area contributed by atoms with Crippen LogP contribution in [0.3, 0.4) is 0 Å². The molecule has 0 fully saturated rings. The first-order valence-electron chi connectivity index (χ1n) is 7.94. The maximum absolute atomic E-state index is 12.3. The molecule has 134 valence electrons. The van der Waals surface area contributed by atoms with Crippen LogP contribution in [0.4, 0.5) is 0 Å². The van der Waals surface area contributed by atoms with Gasteiger partial charge in [-0.2, -0.15) is 9.61 Å². The van der Waals surface area contributed by atoms with E-state index in [2.05, 4.69) is 20.3 Å². The molecule has 0 aliphatic carbocycles. The largest absolute Gasteiger partial charge is 0.293 e. The number of thioether (sulfide) groups is 1. The highest BCUT2D eigenvalue weighted by atomic mass is 35.5. The number of benzene rings is 2. The number of aromatic nitrogens is 5. The van der Waals surface area contributed by atoms with Gasteiger partial charge in [0.25, 0.3) is 11.3 Å². The van der Waals surface area contributed by atoms with Crippen LogP contribution in [0.15, 0.2) is 64.5 Å². The van der Waals surface area contributed by atoms with Gasteiger partial charge in [0, 0.05) is 16.1 Å². The van der Waals surface area contributed by atoms with Crippen molar-refractivity contribution < 1.29 is 4.79 Å². The number of H-pyrrole nitrogens is 1. The normalized spacial score (nSPS) is 11.0. The molecule has 4 rings (SSSR count). The van der Waals surface area contributed by atoms with Gasteiger partial charge in [0.05, 0.1) is 5.75 Å². The van der Waals surface area contributed by atoms with Crippen molar-refractivity contribution in [1.82, 2.24) is 24.8 Å². The summed E-state index contributed by atoms with van der Waals surface area (Å²) in [6, 6.07) is 15.8. The number of halogens is 1. The summed E-state index contributed by atoms with van der Waals surface area (Å²) in [5.74, 6) is 0.370. The van der Waals surface area contributed by atoms with E-state index in [1.165, 1.54) is 16.3 Å². The number of fused-ring (bicyclic) bond motifs is 1. The molecule has 0 aliphatic heterocycles. The van der Waals surface area contributed by atoms with Gasteiger partial charge in [0.1, 0.15) is 0 Å². The summed E-state index contributed by atoms with van der Waals surface area (Å²) in [4.78, 5) is 27.2. The van der Waals surface area contributed by atoms with Gasteiger partial charge in [-0.15, -0.1) is 10.2 Å². The first kappa shape index (κ1) is 17.4. The van der Waals surface area contributed by atoms with Crippen molar-refractivity contribution in [3.05, 3.63) is 75.5 Å². The minimum Gasteiger partial charge on any atom is -0.293 e. The number of rotatable bonds is 5. The fourth-order valence-corrected chi connectivity index (χ4v) is 3.36. The zero-order valence-electron chi connectivity index (χ0n) is 13.8. The van der Waals surface area contributed by atoms with Crippen molar-refractivity contribution in [2.24, 2.45) is 0 Å². The molecule has 0 spiro atoms. The Balaban J connectivity index is 1.64. The molecule has 0 bridgehead atoms. The number of aromatic amines is 1. The van der Waals surface area contributed by atoms with Crippen LogP contribution in [-0.4, -0.2) is 36.3 Å². The first-order chi connectivity index (χ1) is 13.1. The van der Waals surface area contributed by atoms with Crippen molar-refractivity contribution >= 4 is 34.9 Å². The third-order valence-electron chi connectivity index (χ3n) is 3.80. The molecule has 0 saturated carbocycles. The molecule has 0 unspecified atom stereocenters. The summed E-state index contributed by atoms with van der Waals surface area (Å²) in [7, 11) is 0. The molecule has 2 aromatic carbocycles.